The predicted molar refractivity (Wildman–Crippen MR) is 75.9 cm³/mol. The summed E-state index contributed by atoms with van der Waals surface area (Å²) < 4.78 is 28.6. The Balaban J connectivity index is 0.000000222. The van der Waals surface area contributed by atoms with Crippen molar-refractivity contribution in [3.8, 4) is 0 Å². The van der Waals surface area contributed by atoms with Gasteiger partial charge in [0.05, 0.1) is 12.7 Å². The number of benzene rings is 1. The molecule has 1 heterocycles. The molecule has 1 amide bonds. The molecule has 3 N–H and O–H groups in total. The Morgan fingerprint density at radius 1 is 1.29 bits per heavy atom. The van der Waals surface area contributed by atoms with Crippen molar-refractivity contribution in [2.75, 3.05) is 7.11 Å². The van der Waals surface area contributed by atoms with Crippen LogP contribution in [0.4, 0.5) is 0 Å². The second-order valence-corrected chi connectivity index (χ2v) is 6.37. The van der Waals surface area contributed by atoms with E-state index in [9.17, 15) is 18.0 Å². The number of esters is 1. The van der Waals surface area contributed by atoms with Crippen LogP contribution in [0.2, 0.25) is 0 Å². The number of sulfonamides is 1. The highest BCUT2D eigenvalue weighted by Crippen LogP contribution is 2.20. The molecule has 2 rings (SSSR count). The van der Waals surface area contributed by atoms with Crippen molar-refractivity contribution < 1.29 is 22.7 Å². The van der Waals surface area contributed by atoms with Crippen molar-refractivity contribution >= 4 is 21.9 Å². The highest BCUT2D eigenvalue weighted by Gasteiger charge is 2.31. The molecule has 0 aliphatic carbocycles. The zero-order chi connectivity index (χ0) is 16.2. The van der Waals surface area contributed by atoms with Gasteiger partial charge in [0.15, 0.2) is 0 Å². The Bertz CT molecular complexity index is 640. The Morgan fingerprint density at radius 2 is 1.86 bits per heavy atom. The van der Waals surface area contributed by atoms with Crippen LogP contribution in [0.5, 0.6) is 0 Å². The summed E-state index contributed by atoms with van der Waals surface area (Å²) >= 11 is 0. The van der Waals surface area contributed by atoms with E-state index in [2.05, 4.69) is 4.74 Å². The third-order valence-electron chi connectivity index (χ3n) is 2.84. The van der Waals surface area contributed by atoms with Gasteiger partial charge in [0.1, 0.15) is 10.9 Å². The first-order valence-electron chi connectivity index (χ1n) is 6.20. The molecule has 1 aliphatic rings. The van der Waals surface area contributed by atoms with Gasteiger partial charge in [0, 0.05) is 0 Å². The van der Waals surface area contributed by atoms with Crippen LogP contribution in [0.15, 0.2) is 29.2 Å². The maximum atomic E-state index is 11.1. The van der Waals surface area contributed by atoms with Gasteiger partial charge in [-0.2, -0.15) is 0 Å². The third-order valence-corrected chi connectivity index (χ3v) is 4.23. The number of amides is 1. The fraction of sp³-hybridized carbons (Fsp3) is 0.385. The molecule has 1 aromatic carbocycles. The van der Waals surface area contributed by atoms with E-state index in [0.29, 0.717) is 0 Å². The van der Waals surface area contributed by atoms with Crippen LogP contribution in [0.1, 0.15) is 24.2 Å². The molecular weight excluding hydrogens is 296 g/mol. The van der Waals surface area contributed by atoms with E-state index in [1.54, 1.807) is 12.1 Å². The van der Waals surface area contributed by atoms with Crippen molar-refractivity contribution in [2.45, 2.75) is 24.8 Å². The normalized spacial score (nSPS) is 16.3. The second-order valence-electron chi connectivity index (χ2n) is 4.72. The summed E-state index contributed by atoms with van der Waals surface area (Å²) in [6.45, 7) is 3.75. The monoisotopic (exact) mass is 314 g/mol. The standard InChI is InChI=1S/C7H5NO3S.C6H13NO2/c9-7-5-3-1-2-4-6(5)12(10,11)8-7;1-4(2)5(7)6(8)9-3/h1-4H,(H,8,9);4-5H,7H2,1-3H3. The summed E-state index contributed by atoms with van der Waals surface area (Å²) in [5, 5.41) is 0. The Morgan fingerprint density at radius 3 is 2.29 bits per heavy atom. The van der Waals surface area contributed by atoms with Gasteiger partial charge in [-0.25, -0.2) is 13.1 Å². The molecular formula is C13H18N2O5S. The number of hydrogen-bond donors (Lipinski definition) is 2. The lowest BCUT2D eigenvalue weighted by Crippen LogP contribution is -2.36. The van der Waals surface area contributed by atoms with Crippen molar-refractivity contribution in [3.05, 3.63) is 29.8 Å². The van der Waals surface area contributed by atoms with Gasteiger partial charge in [0.25, 0.3) is 15.9 Å². The molecule has 7 nitrogen and oxygen atoms in total. The summed E-state index contributed by atoms with van der Waals surface area (Å²) in [5.74, 6) is -0.743. The summed E-state index contributed by atoms with van der Waals surface area (Å²) in [6.07, 6.45) is 0. The maximum absolute atomic E-state index is 11.1. The SMILES string of the molecule is COC(=O)C(N)C(C)C.O=C1NS(=O)(=O)c2ccccc21. The molecule has 1 atom stereocenters. The average Bonchev–Trinajstić information content (AvgIpc) is 2.68. The first kappa shape index (κ1) is 17.1. The Hall–Kier alpha value is -1.93. The fourth-order valence-corrected chi connectivity index (χ4v) is 2.70. The minimum atomic E-state index is -3.55. The minimum Gasteiger partial charge on any atom is -0.468 e. The molecule has 21 heavy (non-hydrogen) atoms. The van der Waals surface area contributed by atoms with Crippen molar-refractivity contribution in [1.82, 2.24) is 4.72 Å². The topological polar surface area (TPSA) is 116 Å². The van der Waals surface area contributed by atoms with Gasteiger partial charge in [-0.1, -0.05) is 26.0 Å². The first-order valence-corrected chi connectivity index (χ1v) is 7.68. The zero-order valence-corrected chi connectivity index (χ0v) is 12.8. The van der Waals surface area contributed by atoms with E-state index < -0.39 is 22.0 Å². The lowest BCUT2D eigenvalue weighted by atomic mass is 10.1. The second kappa shape index (κ2) is 6.68. The number of carbonyl (C=O) groups excluding carboxylic acids is 2. The summed E-state index contributed by atoms with van der Waals surface area (Å²) in [5.41, 5.74) is 5.62. The lowest BCUT2D eigenvalue weighted by Gasteiger charge is -2.11. The molecule has 0 radical (unpaired) electrons. The number of carbonyl (C=O) groups is 2. The summed E-state index contributed by atoms with van der Waals surface area (Å²) in [6, 6.07) is 5.61. The molecule has 0 bridgehead atoms. The van der Waals surface area contributed by atoms with Gasteiger partial charge < -0.3 is 10.5 Å². The van der Waals surface area contributed by atoms with Gasteiger partial charge in [-0.15, -0.1) is 0 Å². The largest absolute Gasteiger partial charge is 0.468 e. The van der Waals surface area contributed by atoms with Gasteiger partial charge in [0.2, 0.25) is 0 Å². The molecule has 8 heteroatoms. The zero-order valence-electron chi connectivity index (χ0n) is 12.0. The fourth-order valence-electron chi connectivity index (χ4n) is 1.53. The number of nitrogens with one attached hydrogen (secondary N) is 1. The minimum absolute atomic E-state index is 0.0648. The van der Waals surface area contributed by atoms with Crippen LogP contribution in [-0.4, -0.2) is 33.4 Å². The van der Waals surface area contributed by atoms with Crippen LogP contribution in [-0.2, 0) is 19.6 Å². The van der Waals surface area contributed by atoms with E-state index in [0.717, 1.165) is 0 Å². The van der Waals surface area contributed by atoms with E-state index in [1.807, 2.05) is 18.6 Å². The van der Waals surface area contributed by atoms with Gasteiger partial charge in [-0.3, -0.25) is 9.59 Å². The number of hydrogen-bond acceptors (Lipinski definition) is 6. The maximum Gasteiger partial charge on any atom is 0.322 e. The number of ether oxygens (including phenoxy) is 1. The molecule has 0 saturated heterocycles. The van der Waals surface area contributed by atoms with Crippen molar-refractivity contribution in [2.24, 2.45) is 11.7 Å². The molecule has 1 unspecified atom stereocenters. The number of methoxy groups -OCH3 is 1. The van der Waals surface area contributed by atoms with Crippen molar-refractivity contribution in [3.63, 3.8) is 0 Å². The predicted octanol–water partition coefficient (Wildman–Crippen LogP) is 0.261. The van der Waals surface area contributed by atoms with Crippen molar-refractivity contribution in [1.29, 1.82) is 0 Å². The van der Waals surface area contributed by atoms with Gasteiger partial charge >= 0.3 is 5.97 Å². The molecule has 1 aliphatic heterocycles. The van der Waals surface area contributed by atoms with Crippen LogP contribution in [0.3, 0.4) is 0 Å². The molecule has 116 valence electrons. The molecule has 0 spiro atoms. The highest BCUT2D eigenvalue weighted by atomic mass is 32.2. The van der Waals surface area contributed by atoms with Crippen LogP contribution in [0.25, 0.3) is 0 Å². The number of fused-ring (bicyclic) bond motifs is 1. The smallest absolute Gasteiger partial charge is 0.322 e. The van der Waals surface area contributed by atoms with E-state index in [1.165, 1.54) is 19.2 Å². The van der Waals surface area contributed by atoms with Gasteiger partial charge in [-0.05, 0) is 18.1 Å². The van der Waals surface area contributed by atoms with Crippen LogP contribution < -0.4 is 10.5 Å². The highest BCUT2D eigenvalue weighted by molar-refractivity contribution is 7.90. The number of rotatable bonds is 2. The molecule has 0 saturated carbocycles. The summed E-state index contributed by atoms with van der Waals surface area (Å²) in [4.78, 5) is 21.7. The Labute approximate surface area is 123 Å². The van der Waals surface area contributed by atoms with Crippen LogP contribution in [0, 0.1) is 5.92 Å². The molecule has 1 aromatic rings. The lowest BCUT2D eigenvalue weighted by molar-refractivity contribution is -0.143. The quantitative estimate of drug-likeness (QED) is 0.757. The molecule has 0 fully saturated rings. The van der Waals surface area contributed by atoms with E-state index >= 15 is 0 Å². The average molecular weight is 314 g/mol. The van der Waals surface area contributed by atoms with E-state index in [-0.39, 0.29) is 22.3 Å². The molecule has 0 aromatic heterocycles. The third kappa shape index (κ3) is 4.02. The Kier molecular flexibility index (Phi) is 5.45. The van der Waals surface area contributed by atoms with Crippen LogP contribution >= 0.6 is 0 Å². The van der Waals surface area contributed by atoms with E-state index in [4.69, 9.17) is 5.73 Å². The first-order chi connectivity index (χ1) is 9.70. The summed E-state index contributed by atoms with van der Waals surface area (Å²) in [7, 11) is -2.22. The number of nitrogens with two attached hydrogens (primary N) is 1.